The summed E-state index contributed by atoms with van der Waals surface area (Å²) in [6.45, 7) is 2.08. The summed E-state index contributed by atoms with van der Waals surface area (Å²) in [5, 5.41) is 17.7. The summed E-state index contributed by atoms with van der Waals surface area (Å²) in [6, 6.07) is 6.91. The Morgan fingerprint density at radius 1 is 1.21 bits per heavy atom. The van der Waals surface area contributed by atoms with Crippen LogP contribution in [0.2, 0.25) is 0 Å². The molecule has 0 atom stereocenters. The van der Waals surface area contributed by atoms with Crippen molar-refractivity contribution in [2.75, 3.05) is 0 Å². The van der Waals surface area contributed by atoms with Gasteiger partial charge in [0.2, 0.25) is 0 Å². The molecule has 0 unspecified atom stereocenters. The van der Waals surface area contributed by atoms with Crippen LogP contribution >= 0.6 is 0 Å². The number of benzene rings is 1. The molecule has 0 fully saturated rings. The number of rotatable bonds is 2. The van der Waals surface area contributed by atoms with Crippen LogP contribution < -0.4 is 5.46 Å². The highest BCUT2D eigenvalue weighted by Gasteiger charge is 2.08. The molecule has 0 aliphatic heterocycles. The normalized spacial score (nSPS) is 9.07. The third-order valence-corrected chi connectivity index (χ3v) is 1.82. The predicted molar refractivity (Wildman–Crippen MR) is 58.1 cm³/mol. The molecule has 0 aliphatic carbocycles. The highest BCUT2D eigenvalue weighted by Crippen LogP contribution is 1.95. The summed E-state index contributed by atoms with van der Waals surface area (Å²) in [7, 11) is -1.40. The van der Waals surface area contributed by atoms with E-state index in [9.17, 15) is 0 Å². The van der Waals surface area contributed by atoms with Gasteiger partial charge in [0, 0.05) is 12.0 Å². The van der Waals surface area contributed by atoms with Crippen molar-refractivity contribution in [3.63, 3.8) is 0 Å². The lowest BCUT2D eigenvalue weighted by molar-refractivity contribution is 0.426. The molecule has 1 rings (SSSR count). The topological polar surface area (TPSA) is 40.5 Å². The minimum Gasteiger partial charge on any atom is -0.423 e. The summed E-state index contributed by atoms with van der Waals surface area (Å²) in [5.41, 5.74) is 1.40. The quantitative estimate of drug-likeness (QED) is 0.524. The lowest BCUT2D eigenvalue weighted by Gasteiger charge is -1.97. The monoisotopic (exact) mass is 188 g/mol. The first kappa shape index (κ1) is 10.8. The fraction of sp³-hybridized carbons (Fsp3) is 0.273. The van der Waals surface area contributed by atoms with Crippen molar-refractivity contribution in [2.24, 2.45) is 0 Å². The summed E-state index contributed by atoms with van der Waals surface area (Å²) in [5.74, 6) is 6.02. The van der Waals surface area contributed by atoms with E-state index in [0.29, 0.717) is 5.46 Å². The van der Waals surface area contributed by atoms with Crippen molar-refractivity contribution >= 4 is 12.6 Å². The van der Waals surface area contributed by atoms with Crippen LogP contribution in [0.4, 0.5) is 0 Å². The summed E-state index contributed by atoms with van der Waals surface area (Å²) >= 11 is 0. The minimum absolute atomic E-state index is 0.492. The minimum atomic E-state index is -1.40. The maximum absolute atomic E-state index is 8.85. The maximum Gasteiger partial charge on any atom is 0.488 e. The standard InChI is InChI=1S/C11H13BO2/c1-2-3-4-5-10-6-8-11(9-7-10)12(13)14/h6-9,13-14H,2-3H2,1H3. The van der Waals surface area contributed by atoms with Crippen molar-refractivity contribution in [3.05, 3.63) is 29.8 Å². The first-order chi connectivity index (χ1) is 6.74. The number of hydrogen-bond acceptors (Lipinski definition) is 2. The average molecular weight is 188 g/mol. The van der Waals surface area contributed by atoms with E-state index in [1.54, 1.807) is 24.3 Å². The van der Waals surface area contributed by atoms with Crippen molar-refractivity contribution in [2.45, 2.75) is 19.8 Å². The van der Waals surface area contributed by atoms with Crippen LogP contribution in [-0.4, -0.2) is 17.2 Å². The van der Waals surface area contributed by atoms with E-state index in [2.05, 4.69) is 18.8 Å². The first-order valence-electron chi connectivity index (χ1n) is 4.69. The maximum atomic E-state index is 8.85. The van der Waals surface area contributed by atoms with Gasteiger partial charge in [0.05, 0.1) is 0 Å². The zero-order chi connectivity index (χ0) is 10.4. The second-order valence-electron chi connectivity index (χ2n) is 3.05. The van der Waals surface area contributed by atoms with Crippen molar-refractivity contribution in [1.82, 2.24) is 0 Å². The largest absolute Gasteiger partial charge is 0.488 e. The third-order valence-electron chi connectivity index (χ3n) is 1.82. The second kappa shape index (κ2) is 5.49. The van der Waals surface area contributed by atoms with Crippen LogP contribution in [0.5, 0.6) is 0 Å². The second-order valence-corrected chi connectivity index (χ2v) is 3.05. The lowest BCUT2D eigenvalue weighted by Crippen LogP contribution is -2.29. The summed E-state index contributed by atoms with van der Waals surface area (Å²) < 4.78 is 0. The van der Waals surface area contributed by atoms with Gasteiger partial charge in [0.1, 0.15) is 0 Å². The highest BCUT2D eigenvalue weighted by atomic mass is 16.4. The van der Waals surface area contributed by atoms with Gasteiger partial charge < -0.3 is 10.0 Å². The third kappa shape index (κ3) is 3.25. The molecule has 0 aromatic heterocycles. The molecule has 0 saturated carbocycles. The van der Waals surface area contributed by atoms with Crippen LogP contribution in [0.1, 0.15) is 25.3 Å². The lowest BCUT2D eigenvalue weighted by atomic mass is 9.80. The molecule has 2 N–H and O–H groups in total. The Kier molecular flexibility index (Phi) is 4.25. The molecule has 0 heterocycles. The van der Waals surface area contributed by atoms with Crippen LogP contribution in [0.3, 0.4) is 0 Å². The Morgan fingerprint density at radius 2 is 1.86 bits per heavy atom. The van der Waals surface area contributed by atoms with Crippen LogP contribution in [0.15, 0.2) is 24.3 Å². The van der Waals surface area contributed by atoms with Crippen molar-refractivity contribution in [1.29, 1.82) is 0 Å². The van der Waals surface area contributed by atoms with E-state index in [-0.39, 0.29) is 0 Å². The van der Waals surface area contributed by atoms with E-state index in [1.807, 2.05) is 0 Å². The molecule has 2 nitrogen and oxygen atoms in total. The molecule has 0 radical (unpaired) electrons. The molecule has 0 aliphatic rings. The Balaban J connectivity index is 2.70. The van der Waals surface area contributed by atoms with Gasteiger partial charge in [-0.3, -0.25) is 0 Å². The molecule has 1 aromatic rings. The molecule has 3 heteroatoms. The molecular weight excluding hydrogens is 175 g/mol. The molecule has 72 valence electrons. The highest BCUT2D eigenvalue weighted by molar-refractivity contribution is 6.58. The van der Waals surface area contributed by atoms with E-state index in [4.69, 9.17) is 10.0 Å². The van der Waals surface area contributed by atoms with Crippen LogP contribution in [0, 0.1) is 11.8 Å². The van der Waals surface area contributed by atoms with E-state index < -0.39 is 7.12 Å². The zero-order valence-electron chi connectivity index (χ0n) is 8.20. The Morgan fingerprint density at radius 3 is 2.36 bits per heavy atom. The van der Waals surface area contributed by atoms with E-state index in [0.717, 1.165) is 18.4 Å². The van der Waals surface area contributed by atoms with Gasteiger partial charge in [-0.25, -0.2) is 0 Å². The van der Waals surface area contributed by atoms with E-state index in [1.165, 1.54) is 0 Å². The van der Waals surface area contributed by atoms with Crippen LogP contribution in [-0.2, 0) is 0 Å². The predicted octanol–water partition coefficient (Wildman–Crippen LogP) is 0.518. The van der Waals surface area contributed by atoms with Gasteiger partial charge in [-0.15, -0.1) is 0 Å². The fourth-order valence-corrected chi connectivity index (χ4v) is 1.03. The van der Waals surface area contributed by atoms with Gasteiger partial charge in [-0.05, 0) is 24.0 Å². The zero-order valence-corrected chi connectivity index (χ0v) is 8.20. The Labute approximate surface area is 84.7 Å². The van der Waals surface area contributed by atoms with E-state index >= 15 is 0 Å². The SMILES string of the molecule is CCCC#Cc1ccc(B(O)O)cc1. The summed E-state index contributed by atoms with van der Waals surface area (Å²) in [4.78, 5) is 0. The van der Waals surface area contributed by atoms with Gasteiger partial charge in [0.15, 0.2) is 0 Å². The number of unbranched alkanes of at least 4 members (excludes halogenated alkanes) is 1. The molecule has 0 saturated heterocycles. The molecular formula is C11H13BO2. The van der Waals surface area contributed by atoms with Gasteiger partial charge >= 0.3 is 7.12 Å². The fourth-order valence-electron chi connectivity index (χ4n) is 1.03. The number of hydrogen-bond donors (Lipinski definition) is 2. The first-order valence-corrected chi connectivity index (χ1v) is 4.69. The summed E-state index contributed by atoms with van der Waals surface area (Å²) in [6.07, 6.45) is 1.95. The van der Waals surface area contributed by atoms with Crippen molar-refractivity contribution in [3.8, 4) is 11.8 Å². The average Bonchev–Trinajstić information content (AvgIpc) is 2.19. The Hall–Kier alpha value is -1.24. The molecule has 0 bridgehead atoms. The molecule has 14 heavy (non-hydrogen) atoms. The Bertz CT molecular complexity index is 333. The molecule has 0 spiro atoms. The molecule has 0 amide bonds. The van der Waals surface area contributed by atoms with Crippen molar-refractivity contribution < 1.29 is 10.0 Å². The van der Waals surface area contributed by atoms with Crippen LogP contribution in [0.25, 0.3) is 0 Å². The smallest absolute Gasteiger partial charge is 0.423 e. The van der Waals surface area contributed by atoms with Gasteiger partial charge in [0.25, 0.3) is 0 Å². The van der Waals surface area contributed by atoms with Gasteiger partial charge in [-0.2, -0.15) is 0 Å². The van der Waals surface area contributed by atoms with Gasteiger partial charge in [-0.1, -0.05) is 30.9 Å². The molecule has 1 aromatic carbocycles.